The molecular formula is C10H17N3O. The topological polar surface area (TPSA) is 78.9 Å². The standard InChI is InChI=1S/C10H17N3O/c1-8(4-7-11)13-9(14)10(12)5-2-3-6-10/h8H,2-6,12H2,1H3,(H,13,14). The summed E-state index contributed by atoms with van der Waals surface area (Å²) < 4.78 is 0. The second-order valence-electron chi connectivity index (χ2n) is 4.10. The summed E-state index contributed by atoms with van der Waals surface area (Å²) in [6, 6.07) is 1.92. The van der Waals surface area contributed by atoms with Crippen molar-refractivity contribution in [2.75, 3.05) is 0 Å². The number of carbonyl (C=O) groups is 1. The Labute approximate surface area is 84.5 Å². The van der Waals surface area contributed by atoms with Crippen molar-refractivity contribution < 1.29 is 4.79 Å². The first-order valence-corrected chi connectivity index (χ1v) is 5.05. The minimum Gasteiger partial charge on any atom is -0.351 e. The molecule has 3 N–H and O–H groups in total. The van der Waals surface area contributed by atoms with Gasteiger partial charge in [0.15, 0.2) is 0 Å². The molecule has 0 saturated heterocycles. The first-order valence-electron chi connectivity index (χ1n) is 5.05. The molecule has 1 amide bonds. The molecule has 1 aliphatic rings. The zero-order valence-corrected chi connectivity index (χ0v) is 8.55. The predicted molar refractivity (Wildman–Crippen MR) is 53.2 cm³/mol. The Bertz CT molecular complexity index is 251. The Kier molecular flexibility index (Phi) is 3.48. The van der Waals surface area contributed by atoms with Crippen molar-refractivity contribution >= 4 is 5.91 Å². The van der Waals surface area contributed by atoms with Gasteiger partial charge in [-0.05, 0) is 19.8 Å². The minimum atomic E-state index is -0.677. The van der Waals surface area contributed by atoms with Crippen molar-refractivity contribution in [3.8, 4) is 6.07 Å². The number of hydrogen-bond donors (Lipinski definition) is 2. The van der Waals surface area contributed by atoms with Gasteiger partial charge in [-0.3, -0.25) is 4.79 Å². The quantitative estimate of drug-likeness (QED) is 0.695. The third-order valence-electron chi connectivity index (χ3n) is 2.72. The Morgan fingerprint density at radius 3 is 2.71 bits per heavy atom. The summed E-state index contributed by atoms with van der Waals surface area (Å²) in [4.78, 5) is 11.7. The van der Waals surface area contributed by atoms with Crippen LogP contribution in [0.3, 0.4) is 0 Å². The smallest absolute Gasteiger partial charge is 0.240 e. The summed E-state index contributed by atoms with van der Waals surface area (Å²) >= 11 is 0. The van der Waals surface area contributed by atoms with Gasteiger partial charge in [-0.2, -0.15) is 5.26 Å². The molecule has 0 spiro atoms. The Balaban J connectivity index is 2.45. The van der Waals surface area contributed by atoms with Crippen LogP contribution in [-0.2, 0) is 4.79 Å². The minimum absolute atomic E-state index is 0.0993. The van der Waals surface area contributed by atoms with Gasteiger partial charge in [-0.25, -0.2) is 0 Å². The second kappa shape index (κ2) is 4.43. The molecule has 78 valence electrons. The summed E-state index contributed by atoms with van der Waals surface area (Å²) in [7, 11) is 0. The van der Waals surface area contributed by atoms with Crippen molar-refractivity contribution in [3.05, 3.63) is 0 Å². The highest BCUT2D eigenvalue weighted by molar-refractivity contribution is 5.86. The molecule has 0 aromatic carbocycles. The lowest BCUT2D eigenvalue weighted by Crippen LogP contribution is -2.53. The highest BCUT2D eigenvalue weighted by Crippen LogP contribution is 2.27. The molecule has 1 fully saturated rings. The van der Waals surface area contributed by atoms with E-state index in [1.54, 1.807) is 0 Å². The molecule has 1 rings (SSSR count). The fraction of sp³-hybridized carbons (Fsp3) is 0.800. The van der Waals surface area contributed by atoms with E-state index in [2.05, 4.69) is 5.32 Å². The number of nitrogens with two attached hydrogens (primary N) is 1. The molecule has 14 heavy (non-hydrogen) atoms. The predicted octanol–water partition coefficient (Wildman–Crippen LogP) is 0.676. The van der Waals surface area contributed by atoms with Gasteiger partial charge in [0.05, 0.1) is 18.0 Å². The van der Waals surface area contributed by atoms with Crippen LogP contribution in [0.4, 0.5) is 0 Å². The molecule has 1 saturated carbocycles. The molecule has 1 atom stereocenters. The average molecular weight is 195 g/mol. The Morgan fingerprint density at radius 1 is 1.64 bits per heavy atom. The number of nitriles is 1. The molecule has 0 heterocycles. The van der Waals surface area contributed by atoms with Gasteiger partial charge in [-0.15, -0.1) is 0 Å². The van der Waals surface area contributed by atoms with E-state index in [1.807, 2.05) is 13.0 Å². The first kappa shape index (κ1) is 11.0. The number of amides is 1. The Morgan fingerprint density at radius 2 is 2.21 bits per heavy atom. The highest BCUT2D eigenvalue weighted by atomic mass is 16.2. The maximum absolute atomic E-state index is 11.7. The van der Waals surface area contributed by atoms with Crippen molar-refractivity contribution in [2.24, 2.45) is 5.73 Å². The molecule has 1 unspecified atom stereocenters. The number of rotatable bonds is 3. The van der Waals surface area contributed by atoms with Gasteiger partial charge < -0.3 is 11.1 Å². The van der Waals surface area contributed by atoms with Crippen LogP contribution in [0.5, 0.6) is 0 Å². The normalized spacial score (nSPS) is 21.2. The highest BCUT2D eigenvalue weighted by Gasteiger charge is 2.37. The lowest BCUT2D eigenvalue weighted by atomic mass is 9.97. The first-order chi connectivity index (χ1) is 6.58. The monoisotopic (exact) mass is 195 g/mol. The number of carbonyl (C=O) groups excluding carboxylic acids is 1. The van der Waals surface area contributed by atoms with Crippen LogP contribution in [0.1, 0.15) is 39.0 Å². The number of nitrogens with one attached hydrogen (secondary N) is 1. The molecule has 0 bridgehead atoms. The van der Waals surface area contributed by atoms with Gasteiger partial charge in [0, 0.05) is 6.04 Å². The summed E-state index contributed by atoms with van der Waals surface area (Å²) in [6.45, 7) is 1.82. The largest absolute Gasteiger partial charge is 0.351 e. The zero-order chi connectivity index (χ0) is 10.6. The van der Waals surface area contributed by atoms with E-state index in [-0.39, 0.29) is 11.9 Å². The summed E-state index contributed by atoms with van der Waals surface area (Å²) in [6.07, 6.45) is 3.91. The van der Waals surface area contributed by atoms with Crippen molar-refractivity contribution in [3.63, 3.8) is 0 Å². The molecule has 0 aliphatic heterocycles. The van der Waals surface area contributed by atoms with E-state index in [0.29, 0.717) is 6.42 Å². The number of nitrogens with zero attached hydrogens (tertiary/aromatic N) is 1. The third-order valence-corrected chi connectivity index (χ3v) is 2.72. The van der Waals surface area contributed by atoms with E-state index < -0.39 is 5.54 Å². The van der Waals surface area contributed by atoms with Gasteiger partial charge in [0.2, 0.25) is 5.91 Å². The van der Waals surface area contributed by atoms with Gasteiger partial charge in [-0.1, -0.05) is 12.8 Å². The Hall–Kier alpha value is -1.08. The lowest BCUT2D eigenvalue weighted by Gasteiger charge is -2.24. The lowest BCUT2D eigenvalue weighted by molar-refractivity contribution is -0.126. The fourth-order valence-corrected chi connectivity index (χ4v) is 1.79. The second-order valence-corrected chi connectivity index (χ2v) is 4.10. The zero-order valence-electron chi connectivity index (χ0n) is 8.55. The number of hydrogen-bond acceptors (Lipinski definition) is 3. The van der Waals surface area contributed by atoms with Crippen LogP contribution < -0.4 is 11.1 Å². The average Bonchev–Trinajstić information content (AvgIpc) is 2.54. The molecule has 0 aromatic heterocycles. The van der Waals surface area contributed by atoms with Crippen LogP contribution >= 0.6 is 0 Å². The van der Waals surface area contributed by atoms with Gasteiger partial charge in [0.1, 0.15) is 0 Å². The van der Waals surface area contributed by atoms with Gasteiger partial charge >= 0.3 is 0 Å². The van der Waals surface area contributed by atoms with E-state index >= 15 is 0 Å². The van der Waals surface area contributed by atoms with Crippen LogP contribution in [-0.4, -0.2) is 17.5 Å². The molecule has 0 aromatic rings. The van der Waals surface area contributed by atoms with E-state index in [1.165, 1.54) is 0 Å². The molecule has 4 nitrogen and oxygen atoms in total. The van der Waals surface area contributed by atoms with Crippen LogP contribution in [0.25, 0.3) is 0 Å². The summed E-state index contributed by atoms with van der Waals surface area (Å²) in [5.41, 5.74) is 5.28. The maximum Gasteiger partial charge on any atom is 0.240 e. The molecular weight excluding hydrogens is 178 g/mol. The van der Waals surface area contributed by atoms with Crippen molar-refractivity contribution in [1.29, 1.82) is 5.26 Å². The van der Waals surface area contributed by atoms with E-state index in [9.17, 15) is 4.79 Å². The summed E-state index contributed by atoms with van der Waals surface area (Å²) in [5.74, 6) is -0.0993. The fourth-order valence-electron chi connectivity index (χ4n) is 1.79. The van der Waals surface area contributed by atoms with Crippen molar-refractivity contribution in [2.45, 2.75) is 50.6 Å². The molecule has 1 aliphatic carbocycles. The SMILES string of the molecule is CC(CC#N)NC(=O)C1(N)CCCC1. The van der Waals surface area contributed by atoms with Crippen LogP contribution in [0.15, 0.2) is 0 Å². The van der Waals surface area contributed by atoms with E-state index in [4.69, 9.17) is 11.0 Å². The molecule has 4 heteroatoms. The van der Waals surface area contributed by atoms with Gasteiger partial charge in [0.25, 0.3) is 0 Å². The van der Waals surface area contributed by atoms with E-state index in [0.717, 1.165) is 25.7 Å². The molecule has 0 radical (unpaired) electrons. The third kappa shape index (κ3) is 2.46. The van der Waals surface area contributed by atoms with Crippen LogP contribution in [0.2, 0.25) is 0 Å². The maximum atomic E-state index is 11.7. The summed E-state index contributed by atoms with van der Waals surface area (Å²) in [5, 5.41) is 11.2. The van der Waals surface area contributed by atoms with Crippen molar-refractivity contribution in [1.82, 2.24) is 5.32 Å². The van der Waals surface area contributed by atoms with Crippen LogP contribution in [0, 0.1) is 11.3 Å².